The molecule has 0 spiro atoms. The highest BCUT2D eigenvalue weighted by Crippen LogP contribution is 1.96. The lowest BCUT2D eigenvalue weighted by Gasteiger charge is -2.02. The van der Waals surface area contributed by atoms with Crippen molar-refractivity contribution < 1.29 is 14.7 Å². The van der Waals surface area contributed by atoms with Crippen LogP contribution >= 0.6 is 0 Å². The number of hydrogen-bond donors (Lipinski definition) is 3. The molecule has 1 aromatic rings. The minimum absolute atomic E-state index is 0.0517. The number of aliphatic carboxylic acids is 1. The smallest absolute Gasteiger partial charge is 0.303 e. The molecule has 1 aromatic heterocycles. The average molecular weight is 239 g/mol. The molecule has 0 saturated heterocycles. The van der Waals surface area contributed by atoms with E-state index in [4.69, 9.17) is 5.11 Å². The molecule has 0 amide bonds. The first kappa shape index (κ1) is 13.4. The van der Waals surface area contributed by atoms with Crippen LogP contribution in [0, 0.1) is 0 Å². The van der Waals surface area contributed by atoms with Crippen molar-refractivity contribution in [2.75, 3.05) is 13.1 Å². The first-order chi connectivity index (χ1) is 8.18. The highest BCUT2D eigenvalue weighted by Gasteiger charge is 2.03. The molecular formula is C11H17N3O3. The summed E-state index contributed by atoms with van der Waals surface area (Å²) >= 11 is 0. The van der Waals surface area contributed by atoms with Gasteiger partial charge in [-0.3, -0.25) is 9.59 Å². The van der Waals surface area contributed by atoms with Crippen molar-refractivity contribution in [1.29, 1.82) is 0 Å². The van der Waals surface area contributed by atoms with Gasteiger partial charge in [0.1, 0.15) is 5.78 Å². The van der Waals surface area contributed by atoms with Gasteiger partial charge in [0.2, 0.25) is 0 Å². The molecule has 1 rings (SSSR count). The quantitative estimate of drug-likeness (QED) is 0.541. The number of H-pyrrole nitrogens is 1. The monoisotopic (exact) mass is 239 g/mol. The second kappa shape index (κ2) is 7.56. The topological polar surface area (TPSA) is 95.1 Å². The number of nitrogens with one attached hydrogen (secondary N) is 2. The fourth-order valence-corrected chi connectivity index (χ4v) is 1.40. The van der Waals surface area contributed by atoms with Crippen molar-refractivity contribution in [3.63, 3.8) is 0 Å². The molecule has 0 fully saturated rings. The van der Waals surface area contributed by atoms with Crippen LogP contribution in [0.2, 0.25) is 0 Å². The summed E-state index contributed by atoms with van der Waals surface area (Å²) in [4.78, 5) is 28.4. The van der Waals surface area contributed by atoms with E-state index in [9.17, 15) is 9.59 Å². The minimum atomic E-state index is -0.856. The summed E-state index contributed by atoms with van der Waals surface area (Å²) in [7, 11) is 0. The standard InChI is InChI=1S/C11H17N3O3/c15-10(2-1-3-11(16)17)7-12-5-4-9-6-13-8-14-9/h6,8,12H,1-5,7H2,(H,13,14)(H,16,17). The van der Waals surface area contributed by atoms with Crippen LogP contribution in [0.5, 0.6) is 0 Å². The third kappa shape index (κ3) is 6.47. The molecule has 1 heterocycles. The second-order valence-corrected chi connectivity index (χ2v) is 3.79. The number of ketones is 1. The number of imidazole rings is 1. The maximum Gasteiger partial charge on any atom is 0.303 e. The number of rotatable bonds is 9. The number of carboxylic acids is 1. The molecule has 0 radical (unpaired) electrons. The Hall–Kier alpha value is -1.69. The Balaban J connectivity index is 1.98. The Morgan fingerprint density at radius 1 is 1.41 bits per heavy atom. The highest BCUT2D eigenvalue weighted by atomic mass is 16.4. The summed E-state index contributed by atoms with van der Waals surface area (Å²) in [5, 5.41) is 11.4. The molecule has 0 atom stereocenters. The maximum absolute atomic E-state index is 11.3. The van der Waals surface area contributed by atoms with E-state index in [-0.39, 0.29) is 12.2 Å². The lowest BCUT2D eigenvalue weighted by Crippen LogP contribution is -2.25. The first-order valence-electron chi connectivity index (χ1n) is 5.60. The van der Waals surface area contributed by atoms with E-state index >= 15 is 0 Å². The van der Waals surface area contributed by atoms with Gasteiger partial charge >= 0.3 is 5.97 Å². The van der Waals surface area contributed by atoms with Gasteiger partial charge in [-0.2, -0.15) is 0 Å². The largest absolute Gasteiger partial charge is 0.481 e. The van der Waals surface area contributed by atoms with Gasteiger partial charge in [0, 0.05) is 37.7 Å². The van der Waals surface area contributed by atoms with E-state index < -0.39 is 5.97 Å². The van der Waals surface area contributed by atoms with Crippen molar-refractivity contribution in [1.82, 2.24) is 15.3 Å². The van der Waals surface area contributed by atoms with Crippen molar-refractivity contribution in [3.8, 4) is 0 Å². The third-order valence-corrected chi connectivity index (χ3v) is 2.29. The summed E-state index contributed by atoms with van der Waals surface area (Å²) < 4.78 is 0. The average Bonchev–Trinajstić information content (AvgIpc) is 2.76. The second-order valence-electron chi connectivity index (χ2n) is 3.79. The van der Waals surface area contributed by atoms with E-state index in [1.54, 1.807) is 12.5 Å². The lowest BCUT2D eigenvalue weighted by atomic mass is 10.2. The minimum Gasteiger partial charge on any atom is -0.481 e. The van der Waals surface area contributed by atoms with Gasteiger partial charge < -0.3 is 15.4 Å². The summed E-state index contributed by atoms with van der Waals surface area (Å²) in [6, 6.07) is 0. The molecule has 6 heteroatoms. The first-order valence-corrected chi connectivity index (χ1v) is 5.60. The number of carboxylic acid groups (broad SMARTS) is 1. The summed E-state index contributed by atoms with van der Waals surface area (Å²) in [6.07, 6.45) is 4.95. The number of carbonyl (C=O) groups excluding carboxylic acids is 1. The summed E-state index contributed by atoms with van der Waals surface area (Å²) in [5.74, 6) is -0.805. The zero-order valence-corrected chi connectivity index (χ0v) is 9.61. The molecule has 0 aromatic carbocycles. The number of nitrogens with zero attached hydrogens (tertiary/aromatic N) is 1. The van der Waals surface area contributed by atoms with Gasteiger partial charge in [-0.05, 0) is 6.42 Å². The highest BCUT2D eigenvalue weighted by molar-refractivity contribution is 5.80. The fraction of sp³-hybridized carbons (Fsp3) is 0.545. The van der Waals surface area contributed by atoms with Crippen LogP contribution in [0.1, 0.15) is 25.0 Å². The number of hydrogen-bond acceptors (Lipinski definition) is 4. The summed E-state index contributed by atoms with van der Waals surface area (Å²) in [5.41, 5.74) is 1.02. The molecule has 0 aliphatic rings. The summed E-state index contributed by atoms with van der Waals surface area (Å²) in [6.45, 7) is 1.00. The van der Waals surface area contributed by atoms with Crippen LogP contribution in [0.15, 0.2) is 12.5 Å². The molecule has 0 saturated carbocycles. The SMILES string of the molecule is O=C(O)CCCC(=O)CNCCc1cnc[nH]1. The van der Waals surface area contributed by atoms with E-state index in [0.29, 0.717) is 25.9 Å². The molecular weight excluding hydrogens is 222 g/mol. The van der Waals surface area contributed by atoms with E-state index in [0.717, 1.165) is 12.1 Å². The van der Waals surface area contributed by atoms with Crippen molar-refractivity contribution in [2.24, 2.45) is 0 Å². The molecule has 0 bridgehead atoms. The van der Waals surface area contributed by atoms with E-state index in [1.165, 1.54) is 0 Å². The van der Waals surface area contributed by atoms with Crippen molar-refractivity contribution >= 4 is 11.8 Å². The Labute approximate surface area is 99.4 Å². The number of Topliss-reactive ketones (excluding diaryl/α,β-unsaturated/α-hetero) is 1. The molecule has 94 valence electrons. The van der Waals surface area contributed by atoms with Crippen LogP contribution in [0.4, 0.5) is 0 Å². The molecule has 0 unspecified atom stereocenters. The van der Waals surface area contributed by atoms with Gasteiger partial charge in [-0.25, -0.2) is 4.98 Å². The maximum atomic E-state index is 11.3. The lowest BCUT2D eigenvalue weighted by molar-refractivity contribution is -0.137. The van der Waals surface area contributed by atoms with Crippen LogP contribution in [0.3, 0.4) is 0 Å². The van der Waals surface area contributed by atoms with Crippen molar-refractivity contribution in [3.05, 3.63) is 18.2 Å². The number of aromatic amines is 1. The zero-order valence-electron chi connectivity index (χ0n) is 9.61. The fourth-order valence-electron chi connectivity index (χ4n) is 1.40. The van der Waals surface area contributed by atoms with Gasteiger partial charge in [-0.1, -0.05) is 0 Å². The number of aromatic nitrogens is 2. The molecule has 0 aliphatic carbocycles. The predicted octanol–water partition coefficient (Wildman–Crippen LogP) is 0.366. The predicted molar refractivity (Wildman–Crippen MR) is 61.7 cm³/mol. The normalized spacial score (nSPS) is 10.4. The zero-order chi connectivity index (χ0) is 12.5. The Bertz CT molecular complexity index is 349. The third-order valence-electron chi connectivity index (χ3n) is 2.29. The van der Waals surface area contributed by atoms with Crippen LogP contribution in [-0.2, 0) is 16.0 Å². The number of carbonyl (C=O) groups is 2. The molecule has 0 aliphatic heterocycles. The van der Waals surface area contributed by atoms with Crippen LogP contribution in [0.25, 0.3) is 0 Å². The molecule has 3 N–H and O–H groups in total. The molecule has 17 heavy (non-hydrogen) atoms. The van der Waals surface area contributed by atoms with Gasteiger partial charge in [0.05, 0.1) is 12.9 Å². The Kier molecular flexibility index (Phi) is 5.95. The molecule has 6 nitrogen and oxygen atoms in total. The Morgan fingerprint density at radius 3 is 2.88 bits per heavy atom. The van der Waals surface area contributed by atoms with Crippen molar-refractivity contribution in [2.45, 2.75) is 25.7 Å². The Morgan fingerprint density at radius 2 is 2.24 bits per heavy atom. The van der Waals surface area contributed by atoms with Gasteiger partial charge in [0.25, 0.3) is 0 Å². The van der Waals surface area contributed by atoms with Gasteiger partial charge in [-0.15, -0.1) is 0 Å². The van der Waals surface area contributed by atoms with Gasteiger partial charge in [0.15, 0.2) is 0 Å². The van der Waals surface area contributed by atoms with E-state index in [1.807, 2.05) is 0 Å². The van der Waals surface area contributed by atoms with Crippen LogP contribution < -0.4 is 5.32 Å². The van der Waals surface area contributed by atoms with E-state index in [2.05, 4.69) is 15.3 Å². The van der Waals surface area contributed by atoms with Crippen LogP contribution in [-0.4, -0.2) is 39.9 Å².